The van der Waals surface area contributed by atoms with E-state index in [2.05, 4.69) is 4.74 Å². The van der Waals surface area contributed by atoms with Crippen LogP contribution in [0, 0.1) is 5.92 Å². The number of esters is 3. The van der Waals surface area contributed by atoms with Crippen LogP contribution >= 0.6 is 0 Å². The molecule has 0 aromatic heterocycles. The van der Waals surface area contributed by atoms with Gasteiger partial charge in [0.05, 0.1) is 17.7 Å². The van der Waals surface area contributed by atoms with E-state index in [0.29, 0.717) is 11.1 Å². The summed E-state index contributed by atoms with van der Waals surface area (Å²) in [5, 5.41) is 21.0. The highest BCUT2D eigenvalue weighted by atomic mass is 16.6. The molecule has 2 N–H and O–H groups in total. The minimum atomic E-state index is -2.07. The molecule has 1 aromatic rings. The molecule has 0 saturated carbocycles. The number of hydrogen-bond acceptors (Lipinski definition) is 8. The summed E-state index contributed by atoms with van der Waals surface area (Å²) in [5.41, 5.74) is -1.48. The average molecular weight is 402 g/mol. The fraction of sp³-hybridized carbons (Fsp3) is 0.381. The minimum Gasteiger partial charge on any atom is -0.465 e. The summed E-state index contributed by atoms with van der Waals surface area (Å²) < 4.78 is 15.2. The average Bonchev–Trinajstić information content (AvgIpc) is 3.04. The highest BCUT2D eigenvalue weighted by Gasteiger charge is 2.53. The van der Waals surface area contributed by atoms with Gasteiger partial charge in [0.1, 0.15) is 17.6 Å². The molecule has 4 atom stereocenters. The fourth-order valence-electron chi connectivity index (χ4n) is 3.50. The Bertz CT molecular complexity index is 872. The summed E-state index contributed by atoms with van der Waals surface area (Å²) in [6, 6.07) is 8.31. The number of carbonyl (C=O) groups excluding carboxylic acids is 3. The third kappa shape index (κ3) is 4.08. The number of aliphatic hydroxyl groups excluding tert-OH is 1. The summed E-state index contributed by atoms with van der Waals surface area (Å²) in [7, 11) is 0. The molecule has 1 unspecified atom stereocenters. The van der Waals surface area contributed by atoms with E-state index >= 15 is 0 Å². The topological polar surface area (TPSA) is 119 Å². The van der Waals surface area contributed by atoms with Gasteiger partial charge in [0.25, 0.3) is 0 Å². The van der Waals surface area contributed by atoms with Crippen molar-refractivity contribution < 1.29 is 38.8 Å². The lowest BCUT2D eigenvalue weighted by Crippen LogP contribution is -2.51. The molecule has 0 saturated heterocycles. The summed E-state index contributed by atoms with van der Waals surface area (Å²) in [4.78, 5) is 37.1. The molecule has 2 aliphatic rings. The summed E-state index contributed by atoms with van der Waals surface area (Å²) in [6.07, 6.45) is -0.237. The van der Waals surface area contributed by atoms with Gasteiger partial charge in [0.2, 0.25) is 6.29 Å². The molecule has 0 bridgehead atoms. The van der Waals surface area contributed by atoms with Crippen LogP contribution in [0.3, 0.4) is 0 Å². The van der Waals surface area contributed by atoms with Gasteiger partial charge in [-0.15, -0.1) is 0 Å². The van der Waals surface area contributed by atoms with E-state index in [1.165, 1.54) is 6.08 Å². The van der Waals surface area contributed by atoms with Crippen LogP contribution in [0.5, 0.6) is 0 Å². The van der Waals surface area contributed by atoms with Gasteiger partial charge in [-0.1, -0.05) is 24.3 Å². The standard InChI is InChI=1S/C21H22O8/c1-3-27-19(24)14-9-12(2)16(28-18(23)13-7-5-4-6-8-13)11-21(14,26)15-10-17(22)29-20(15)25/h4-10,14,16-17,22,26H,3,11H2,1-2H3/t14-,16-,17?,21-/m0/s1. The number of aliphatic hydroxyl groups is 2. The fourth-order valence-corrected chi connectivity index (χ4v) is 3.50. The van der Waals surface area contributed by atoms with Crippen LogP contribution in [0.2, 0.25) is 0 Å². The van der Waals surface area contributed by atoms with E-state index in [9.17, 15) is 24.6 Å². The van der Waals surface area contributed by atoms with Crippen LogP contribution < -0.4 is 0 Å². The summed E-state index contributed by atoms with van der Waals surface area (Å²) in [5.74, 6) is -3.52. The molecule has 3 rings (SSSR count). The molecule has 0 amide bonds. The first-order valence-electron chi connectivity index (χ1n) is 9.21. The second-order valence-electron chi connectivity index (χ2n) is 6.90. The molecule has 0 fully saturated rings. The Labute approximate surface area is 167 Å². The minimum absolute atomic E-state index is 0.0802. The largest absolute Gasteiger partial charge is 0.465 e. The van der Waals surface area contributed by atoms with Crippen molar-refractivity contribution in [3.63, 3.8) is 0 Å². The van der Waals surface area contributed by atoms with Gasteiger partial charge in [-0.2, -0.15) is 0 Å². The van der Waals surface area contributed by atoms with Crippen molar-refractivity contribution in [2.75, 3.05) is 6.61 Å². The van der Waals surface area contributed by atoms with Gasteiger partial charge in [-0.05, 0) is 37.6 Å². The maximum Gasteiger partial charge on any atom is 0.339 e. The lowest BCUT2D eigenvalue weighted by atomic mass is 9.71. The van der Waals surface area contributed by atoms with Crippen LogP contribution in [-0.4, -0.2) is 52.7 Å². The Morgan fingerprint density at radius 2 is 1.93 bits per heavy atom. The Morgan fingerprint density at radius 1 is 1.24 bits per heavy atom. The van der Waals surface area contributed by atoms with Crippen molar-refractivity contribution in [3.8, 4) is 0 Å². The quantitative estimate of drug-likeness (QED) is 0.429. The van der Waals surface area contributed by atoms with Gasteiger partial charge in [0, 0.05) is 6.42 Å². The van der Waals surface area contributed by atoms with Crippen LogP contribution in [0.25, 0.3) is 0 Å². The summed E-state index contributed by atoms with van der Waals surface area (Å²) in [6.45, 7) is 3.36. The number of benzene rings is 1. The highest BCUT2D eigenvalue weighted by Crippen LogP contribution is 2.42. The molecular weight excluding hydrogens is 380 g/mol. The van der Waals surface area contributed by atoms with Crippen molar-refractivity contribution >= 4 is 17.9 Å². The molecule has 29 heavy (non-hydrogen) atoms. The Kier molecular flexibility index (Phi) is 5.86. The Balaban J connectivity index is 1.95. The van der Waals surface area contributed by atoms with Gasteiger partial charge in [-0.3, -0.25) is 4.79 Å². The smallest absolute Gasteiger partial charge is 0.339 e. The molecular formula is C21H22O8. The number of rotatable bonds is 5. The third-order valence-electron chi connectivity index (χ3n) is 4.97. The number of ether oxygens (including phenoxy) is 3. The van der Waals surface area contributed by atoms with Gasteiger partial charge >= 0.3 is 17.9 Å². The maximum absolute atomic E-state index is 12.5. The zero-order valence-corrected chi connectivity index (χ0v) is 16.0. The first kappa shape index (κ1) is 20.8. The van der Waals surface area contributed by atoms with E-state index in [1.807, 2.05) is 0 Å². The molecule has 1 aliphatic carbocycles. The van der Waals surface area contributed by atoms with E-state index in [4.69, 9.17) is 9.47 Å². The van der Waals surface area contributed by atoms with Gasteiger partial charge < -0.3 is 24.4 Å². The number of cyclic esters (lactones) is 1. The number of carbonyl (C=O) groups is 3. The van der Waals surface area contributed by atoms with Crippen molar-refractivity contribution in [1.82, 2.24) is 0 Å². The first-order chi connectivity index (χ1) is 13.8. The SMILES string of the molecule is CCOC(=O)[C@@H]1C=C(C)[C@@H](OC(=O)c2ccccc2)C[C@@]1(O)C1=CC(O)OC1=O. The maximum atomic E-state index is 12.5. The molecule has 154 valence electrons. The normalized spacial score (nSPS) is 28.8. The third-order valence-corrected chi connectivity index (χ3v) is 4.97. The molecule has 0 spiro atoms. The predicted molar refractivity (Wildman–Crippen MR) is 99.3 cm³/mol. The van der Waals surface area contributed by atoms with Crippen molar-refractivity contribution in [1.29, 1.82) is 0 Å². The van der Waals surface area contributed by atoms with E-state index in [0.717, 1.165) is 6.08 Å². The van der Waals surface area contributed by atoms with Gasteiger partial charge in [0.15, 0.2) is 0 Å². The second-order valence-corrected chi connectivity index (χ2v) is 6.90. The lowest BCUT2D eigenvalue weighted by Gasteiger charge is -2.40. The van der Waals surface area contributed by atoms with E-state index < -0.39 is 41.8 Å². The highest BCUT2D eigenvalue weighted by molar-refractivity contribution is 5.95. The van der Waals surface area contributed by atoms with Crippen LogP contribution in [0.15, 0.2) is 53.6 Å². The van der Waals surface area contributed by atoms with Crippen LogP contribution in [0.1, 0.15) is 30.6 Å². The van der Waals surface area contributed by atoms with Crippen molar-refractivity contribution in [3.05, 3.63) is 59.2 Å². The Hall–Kier alpha value is -2.97. The first-order valence-corrected chi connectivity index (χ1v) is 9.21. The Morgan fingerprint density at radius 3 is 2.52 bits per heavy atom. The zero-order chi connectivity index (χ0) is 21.2. The molecule has 1 aromatic carbocycles. The van der Waals surface area contributed by atoms with E-state index in [-0.39, 0.29) is 18.6 Å². The van der Waals surface area contributed by atoms with Gasteiger partial charge in [-0.25, -0.2) is 9.59 Å². The molecule has 8 heteroatoms. The van der Waals surface area contributed by atoms with Crippen molar-refractivity contribution in [2.45, 2.75) is 38.3 Å². The number of hydrogen-bond donors (Lipinski definition) is 2. The van der Waals surface area contributed by atoms with E-state index in [1.54, 1.807) is 44.2 Å². The molecule has 1 heterocycles. The summed E-state index contributed by atoms with van der Waals surface area (Å²) >= 11 is 0. The van der Waals surface area contributed by atoms with Crippen LogP contribution in [-0.2, 0) is 23.8 Å². The molecule has 1 aliphatic heterocycles. The predicted octanol–water partition coefficient (Wildman–Crippen LogP) is 1.27. The lowest BCUT2D eigenvalue weighted by molar-refractivity contribution is -0.158. The molecule has 0 radical (unpaired) electrons. The van der Waals surface area contributed by atoms with Crippen molar-refractivity contribution in [2.24, 2.45) is 5.92 Å². The zero-order valence-electron chi connectivity index (χ0n) is 16.0. The van der Waals surface area contributed by atoms with Crippen LogP contribution in [0.4, 0.5) is 0 Å². The second kappa shape index (κ2) is 8.18. The monoisotopic (exact) mass is 402 g/mol. The molecule has 8 nitrogen and oxygen atoms in total.